The van der Waals surface area contributed by atoms with Crippen LogP contribution in [0, 0.1) is 0 Å². The summed E-state index contributed by atoms with van der Waals surface area (Å²) in [6.45, 7) is 8.10. The van der Waals surface area contributed by atoms with E-state index in [0.29, 0.717) is 18.2 Å². The van der Waals surface area contributed by atoms with E-state index in [1.807, 2.05) is 12.1 Å². The van der Waals surface area contributed by atoms with Gasteiger partial charge in [0.1, 0.15) is 0 Å². The molecule has 6 nitrogen and oxygen atoms in total. The smallest absolute Gasteiger partial charge is 0.335 e. The Hall–Kier alpha value is -1.92. The van der Waals surface area contributed by atoms with Crippen LogP contribution in [0.15, 0.2) is 24.3 Å². The molecule has 142 valence electrons. The monoisotopic (exact) mass is 359 g/mol. The zero-order chi connectivity index (χ0) is 18.5. The third-order valence-corrected chi connectivity index (χ3v) is 5.55. The fourth-order valence-electron chi connectivity index (χ4n) is 3.87. The van der Waals surface area contributed by atoms with Crippen molar-refractivity contribution in [2.45, 2.75) is 38.8 Å². The van der Waals surface area contributed by atoms with Gasteiger partial charge in [0, 0.05) is 45.3 Å². The Morgan fingerprint density at radius 2 is 1.65 bits per heavy atom. The van der Waals surface area contributed by atoms with E-state index in [-0.39, 0.29) is 5.91 Å². The normalized spacial score (nSPS) is 22.3. The molecular weight excluding hydrogens is 330 g/mol. The number of nitrogens with zero attached hydrogens (tertiary/aromatic N) is 3. The summed E-state index contributed by atoms with van der Waals surface area (Å²) in [7, 11) is 0. The van der Waals surface area contributed by atoms with Crippen LogP contribution in [0.3, 0.4) is 0 Å². The minimum Gasteiger partial charge on any atom is -0.478 e. The number of aromatic carboxylic acids is 1. The van der Waals surface area contributed by atoms with Gasteiger partial charge in [0.05, 0.1) is 12.1 Å². The van der Waals surface area contributed by atoms with Crippen LogP contribution in [0.4, 0.5) is 0 Å². The molecule has 1 N–H and O–H groups in total. The van der Waals surface area contributed by atoms with E-state index < -0.39 is 5.97 Å². The molecule has 2 aliphatic rings. The van der Waals surface area contributed by atoms with E-state index in [1.165, 1.54) is 6.42 Å². The molecule has 0 radical (unpaired) electrons. The van der Waals surface area contributed by atoms with E-state index in [2.05, 4.69) is 21.6 Å². The number of hydrogen-bond acceptors (Lipinski definition) is 4. The molecule has 1 atom stereocenters. The Kier molecular flexibility index (Phi) is 6.27. The summed E-state index contributed by atoms with van der Waals surface area (Å²) >= 11 is 0. The number of carbonyl (C=O) groups excluding carboxylic acids is 1. The van der Waals surface area contributed by atoms with Crippen LogP contribution < -0.4 is 0 Å². The van der Waals surface area contributed by atoms with Crippen molar-refractivity contribution in [3.8, 4) is 0 Å². The highest BCUT2D eigenvalue weighted by Crippen LogP contribution is 2.17. The Morgan fingerprint density at radius 1 is 1.00 bits per heavy atom. The van der Waals surface area contributed by atoms with Crippen molar-refractivity contribution in [3.05, 3.63) is 35.4 Å². The maximum absolute atomic E-state index is 12.6. The summed E-state index contributed by atoms with van der Waals surface area (Å²) in [6.07, 6.45) is 3.49. The molecule has 2 heterocycles. The lowest BCUT2D eigenvalue weighted by Gasteiger charge is -2.38. The number of carboxylic acid groups (broad SMARTS) is 1. The van der Waals surface area contributed by atoms with Gasteiger partial charge in [-0.1, -0.05) is 12.1 Å². The molecule has 0 bridgehead atoms. The van der Waals surface area contributed by atoms with Gasteiger partial charge in [0.15, 0.2) is 0 Å². The minimum absolute atomic E-state index is 0.273. The van der Waals surface area contributed by atoms with Crippen molar-refractivity contribution in [2.24, 2.45) is 0 Å². The molecule has 1 amide bonds. The maximum atomic E-state index is 12.6. The number of piperidine rings is 1. The minimum atomic E-state index is -0.891. The zero-order valence-corrected chi connectivity index (χ0v) is 15.6. The summed E-state index contributed by atoms with van der Waals surface area (Å²) < 4.78 is 0. The third kappa shape index (κ3) is 4.83. The number of benzene rings is 1. The lowest BCUT2D eigenvalue weighted by atomic mass is 10.0. The number of carbonyl (C=O) groups is 2. The molecule has 6 heteroatoms. The lowest BCUT2D eigenvalue weighted by molar-refractivity contribution is -0.136. The SMILES string of the molecule is CC1CCCCN1C(=O)CN1CCN(Cc2ccc(C(=O)O)cc2)CC1. The van der Waals surface area contributed by atoms with E-state index in [0.717, 1.165) is 57.7 Å². The van der Waals surface area contributed by atoms with Crippen LogP contribution in [0.25, 0.3) is 0 Å². The average molecular weight is 359 g/mol. The fourth-order valence-corrected chi connectivity index (χ4v) is 3.87. The van der Waals surface area contributed by atoms with Gasteiger partial charge in [0.25, 0.3) is 0 Å². The fraction of sp³-hybridized carbons (Fsp3) is 0.600. The number of amides is 1. The van der Waals surface area contributed by atoms with Gasteiger partial charge in [-0.05, 0) is 43.9 Å². The predicted octanol–water partition coefficient (Wildman–Crippen LogP) is 1.90. The van der Waals surface area contributed by atoms with E-state index >= 15 is 0 Å². The Morgan fingerprint density at radius 3 is 2.27 bits per heavy atom. The highest BCUT2D eigenvalue weighted by Gasteiger charge is 2.26. The first kappa shape index (κ1) is 18.9. The first-order chi connectivity index (χ1) is 12.5. The molecule has 1 aromatic carbocycles. The summed E-state index contributed by atoms with van der Waals surface area (Å²) in [5.41, 5.74) is 1.45. The first-order valence-electron chi connectivity index (χ1n) is 9.59. The molecule has 0 aromatic heterocycles. The summed E-state index contributed by atoms with van der Waals surface area (Å²) in [4.78, 5) is 30.1. The number of likely N-dealkylation sites (tertiary alicyclic amines) is 1. The molecule has 0 spiro atoms. The highest BCUT2D eigenvalue weighted by molar-refractivity contribution is 5.87. The van der Waals surface area contributed by atoms with Gasteiger partial charge in [-0.15, -0.1) is 0 Å². The molecule has 2 aliphatic heterocycles. The van der Waals surface area contributed by atoms with Crippen molar-refractivity contribution in [1.82, 2.24) is 14.7 Å². The molecule has 2 fully saturated rings. The zero-order valence-electron chi connectivity index (χ0n) is 15.6. The number of hydrogen-bond donors (Lipinski definition) is 1. The Labute approximate surface area is 155 Å². The van der Waals surface area contributed by atoms with E-state index in [4.69, 9.17) is 5.11 Å². The molecule has 0 aliphatic carbocycles. The molecule has 0 saturated carbocycles. The summed E-state index contributed by atoms with van der Waals surface area (Å²) in [6, 6.07) is 7.47. The van der Waals surface area contributed by atoms with Crippen molar-refractivity contribution in [3.63, 3.8) is 0 Å². The van der Waals surface area contributed by atoms with E-state index in [1.54, 1.807) is 12.1 Å². The number of piperazine rings is 1. The van der Waals surface area contributed by atoms with Crippen molar-refractivity contribution in [2.75, 3.05) is 39.3 Å². The first-order valence-corrected chi connectivity index (χ1v) is 9.59. The number of rotatable bonds is 5. The van der Waals surface area contributed by atoms with Gasteiger partial charge < -0.3 is 10.0 Å². The largest absolute Gasteiger partial charge is 0.478 e. The van der Waals surface area contributed by atoms with Crippen LogP contribution >= 0.6 is 0 Å². The highest BCUT2D eigenvalue weighted by atomic mass is 16.4. The van der Waals surface area contributed by atoms with Crippen molar-refractivity contribution < 1.29 is 14.7 Å². The van der Waals surface area contributed by atoms with Crippen molar-refractivity contribution >= 4 is 11.9 Å². The molecule has 1 unspecified atom stereocenters. The lowest BCUT2D eigenvalue weighted by Crippen LogP contribution is -2.51. The molecule has 26 heavy (non-hydrogen) atoms. The average Bonchev–Trinajstić information content (AvgIpc) is 2.64. The van der Waals surface area contributed by atoms with Gasteiger partial charge in [-0.25, -0.2) is 4.79 Å². The van der Waals surface area contributed by atoms with Crippen LogP contribution in [-0.4, -0.2) is 77.0 Å². The second kappa shape index (κ2) is 8.64. The standard InChI is InChI=1S/C20H29N3O3/c1-16-4-2-3-9-23(16)19(24)15-22-12-10-21(11-13-22)14-17-5-7-18(8-6-17)20(25)26/h5-8,16H,2-4,9-15H2,1H3,(H,25,26). The van der Waals surface area contributed by atoms with Crippen LogP contribution in [0.5, 0.6) is 0 Å². The Bertz CT molecular complexity index is 624. The summed E-state index contributed by atoms with van der Waals surface area (Å²) in [5, 5.41) is 8.96. The maximum Gasteiger partial charge on any atom is 0.335 e. The quantitative estimate of drug-likeness (QED) is 0.870. The van der Waals surface area contributed by atoms with Crippen LogP contribution in [0.1, 0.15) is 42.1 Å². The molecule has 3 rings (SSSR count). The predicted molar refractivity (Wildman–Crippen MR) is 100 cm³/mol. The van der Waals surface area contributed by atoms with Crippen LogP contribution in [-0.2, 0) is 11.3 Å². The molecule has 2 saturated heterocycles. The van der Waals surface area contributed by atoms with Gasteiger partial charge >= 0.3 is 5.97 Å². The topological polar surface area (TPSA) is 64.1 Å². The Balaban J connectivity index is 1.43. The third-order valence-electron chi connectivity index (χ3n) is 5.55. The van der Waals surface area contributed by atoms with Gasteiger partial charge in [0.2, 0.25) is 5.91 Å². The van der Waals surface area contributed by atoms with E-state index in [9.17, 15) is 9.59 Å². The van der Waals surface area contributed by atoms with Crippen molar-refractivity contribution in [1.29, 1.82) is 0 Å². The van der Waals surface area contributed by atoms with Crippen LogP contribution in [0.2, 0.25) is 0 Å². The molecular formula is C20H29N3O3. The second-order valence-electron chi connectivity index (χ2n) is 7.49. The van der Waals surface area contributed by atoms with Gasteiger partial charge in [-0.2, -0.15) is 0 Å². The number of carboxylic acids is 1. The molecule has 1 aromatic rings. The summed E-state index contributed by atoms with van der Waals surface area (Å²) in [5.74, 6) is -0.618. The second-order valence-corrected chi connectivity index (χ2v) is 7.49. The van der Waals surface area contributed by atoms with Gasteiger partial charge in [-0.3, -0.25) is 14.6 Å².